The van der Waals surface area contributed by atoms with Crippen LogP contribution < -0.4 is 10.6 Å². The molecule has 2 aliphatic heterocycles. The molecule has 3 atom stereocenters. The number of aromatic nitrogens is 1. The second-order valence-electron chi connectivity index (χ2n) is 5.37. The first-order valence-corrected chi connectivity index (χ1v) is 7.74. The molecule has 7 nitrogen and oxygen atoms in total. The Balaban J connectivity index is 1.49. The first-order chi connectivity index (χ1) is 10.0. The van der Waals surface area contributed by atoms with Crippen LogP contribution >= 0.6 is 11.3 Å². The number of carbonyl (C=O) groups is 2. The van der Waals surface area contributed by atoms with E-state index in [1.165, 1.54) is 0 Å². The molecule has 2 aliphatic rings. The zero-order valence-corrected chi connectivity index (χ0v) is 12.4. The van der Waals surface area contributed by atoms with Crippen LogP contribution in [0.3, 0.4) is 0 Å². The Hall–Kier alpha value is -1.67. The van der Waals surface area contributed by atoms with Gasteiger partial charge < -0.3 is 20.5 Å². The molecule has 1 aromatic rings. The lowest BCUT2D eigenvalue weighted by atomic mass is 9.96. The first-order valence-electron chi connectivity index (χ1n) is 6.92. The van der Waals surface area contributed by atoms with E-state index in [2.05, 4.69) is 15.6 Å². The van der Waals surface area contributed by atoms with Crippen molar-refractivity contribution < 1.29 is 19.4 Å². The summed E-state index contributed by atoms with van der Waals surface area (Å²) < 4.78 is 5.68. The van der Waals surface area contributed by atoms with Gasteiger partial charge in [0.15, 0.2) is 0 Å². The van der Waals surface area contributed by atoms with Crippen LogP contribution in [0.5, 0.6) is 0 Å². The van der Waals surface area contributed by atoms with Crippen LogP contribution in [0.15, 0.2) is 0 Å². The number of nitrogens with one attached hydrogen (secondary N) is 2. The molecular weight excluding hydrogens is 294 g/mol. The molecule has 3 N–H and O–H groups in total. The highest BCUT2D eigenvalue weighted by molar-refractivity contribution is 7.13. The standard InChI is InChI=1S/C13H17N3O4S/c1-6-11(12(17)18)21-10(15-6)5-14-13(19)16-8-4-7-2-3-9(8)20-7/h7-9H,2-5H2,1H3,(H,17,18)(H2,14,16,19). The van der Waals surface area contributed by atoms with Crippen molar-refractivity contribution in [1.29, 1.82) is 0 Å². The molecule has 3 unspecified atom stereocenters. The zero-order valence-electron chi connectivity index (χ0n) is 11.6. The Bertz CT molecular complexity index is 574. The number of amides is 2. The lowest BCUT2D eigenvalue weighted by Gasteiger charge is -2.20. The van der Waals surface area contributed by atoms with E-state index in [4.69, 9.17) is 9.84 Å². The minimum atomic E-state index is -0.986. The second kappa shape index (κ2) is 5.61. The summed E-state index contributed by atoms with van der Waals surface area (Å²) in [4.78, 5) is 27.2. The predicted molar refractivity (Wildman–Crippen MR) is 75.5 cm³/mol. The number of hydrogen-bond donors (Lipinski definition) is 3. The number of carboxylic acids is 1. The van der Waals surface area contributed by atoms with E-state index in [0.29, 0.717) is 16.8 Å². The van der Waals surface area contributed by atoms with Gasteiger partial charge in [-0.1, -0.05) is 0 Å². The quantitative estimate of drug-likeness (QED) is 0.777. The molecule has 0 radical (unpaired) electrons. The SMILES string of the molecule is Cc1nc(CNC(=O)NC2CC3CCC2O3)sc1C(=O)O. The maximum atomic E-state index is 11.9. The molecule has 3 rings (SSSR count). The Morgan fingerprint density at radius 3 is 2.86 bits per heavy atom. The van der Waals surface area contributed by atoms with Gasteiger partial charge in [0, 0.05) is 0 Å². The van der Waals surface area contributed by atoms with Crippen LogP contribution in [-0.4, -0.2) is 40.3 Å². The topological polar surface area (TPSA) is 101 Å². The summed E-state index contributed by atoms with van der Waals surface area (Å²) in [5, 5.41) is 15.2. The summed E-state index contributed by atoms with van der Waals surface area (Å²) >= 11 is 1.09. The average Bonchev–Trinajstić information content (AvgIpc) is 3.11. The van der Waals surface area contributed by atoms with Crippen molar-refractivity contribution in [3.63, 3.8) is 0 Å². The van der Waals surface area contributed by atoms with Crippen LogP contribution in [0.1, 0.15) is 39.6 Å². The van der Waals surface area contributed by atoms with Gasteiger partial charge in [-0.05, 0) is 26.2 Å². The monoisotopic (exact) mass is 311 g/mol. The third kappa shape index (κ3) is 3.01. The summed E-state index contributed by atoms with van der Waals surface area (Å²) in [5.74, 6) is -0.986. The number of carboxylic acid groups (broad SMARTS) is 1. The summed E-state index contributed by atoms with van der Waals surface area (Å²) in [5.41, 5.74) is 0.478. The number of carbonyl (C=O) groups excluding carboxylic acids is 1. The molecule has 2 amide bonds. The van der Waals surface area contributed by atoms with Crippen molar-refractivity contribution in [3.05, 3.63) is 15.6 Å². The molecule has 1 aromatic heterocycles. The molecule has 21 heavy (non-hydrogen) atoms. The van der Waals surface area contributed by atoms with Crippen molar-refractivity contribution >= 4 is 23.3 Å². The minimum Gasteiger partial charge on any atom is -0.477 e. The number of nitrogens with zero attached hydrogens (tertiary/aromatic N) is 1. The van der Waals surface area contributed by atoms with Gasteiger partial charge in [0.2, 0.25) is 0 Å². The fourth-order valence-corrected chi connectivity index (χ4v) is 3.73. The number of fused-ring (bicyclic) bond motifs is 2. The lowest BCUT2D eigenvalue weighted by molar-refractivity contribution is 0.0701. The molecule has 0 saturated carbocycles. The molecule has 114 valence electrons. The fourth-order valence-electron chi connectivity index (χ4n) is 2.89. The van der Waals surface area contributed by atoms with Gasteiger partial charge in [0.05, 0.1) is 30.5 Å². The number of hydrogen-bond acceptors (Lipinski definition) is 5. The number of rotatable bonds is 4. The van der Waals surface area contributed by atoms with Crippen LogP contribution in [0, 0.1) is 6.92 Å². The summed E-state index contributed by atoms with van der Waals surface area (Å²) in [6.07, 6.45) is 3.39. The normalized spacial score (nSPS) is 26.8. The molecule has 0 aromatic carbocycles. The van der Waals surface area contributed by atoms with E-state index >= 15 is 0 Å². The lowest BCUT2D eigenvalue weighted by Crippen LogP contribution is -2.46. The summed E-state index contributed by atoms with van der Waals surface area (Å²) in [6, 6.07) is -0.183. The van der Waals surface area contributed by atoms with E-state index in [-0.39, 0.29) is 29.6 Å². The second-order valence-corrected chi connectivity index (χ2v) is 6.45. The van der Waals surface area contributed by atoms with E-state index in [1.807, 2.05) is 0 Å². The number of aryl methyl sites for hydroxylation is 1. The highest BCUT2D eigenvalue weighted by Crippen LogP contribution is 2.34. The Labute approximate surface area is 125 Å². The molecule has 0 spiro atoms. The molecule has 8 heteroatoms. The first kappa shape index (κ1) is 14.3. The third-order valence-corrected chi connectivity index (χ3v) is 5.00. The van der Waals surface area contributed by atoms with Crippen molar-refractivity contribution in [1.82, 2.24) is 15.6 Å². The summed E-state index contributed by atoms with van der Waals surface area (Å²) in [7, 11) is 0. The van der Waals surface area contributed by atoms with E-state index < -0.39 is 5.97 Å². The Morgan fingerprint density at radius 2 is 2.29 bits per heavy atom. The number of aromatic carboxylic acids is 1. The molecule has 2 saturated heterocycles. The highest BCUT2D eigenvalue weighted by Gasteiger charge is 2.41. The fraction of sp³-hybridized carbons (Fsp3) is 0.615. The maximum absolute atomic E-state index is 11.9. The van der Waals surface area contributed by atoms with Gasteiger partial charge in [-0.25, -0.2) is 14.6 Å². The van der Waals surface area contributed by atoms with Crippen molar-refractivity contribution in [2.45, 2.75) is 51.0 Å². The Kier molecular flexibility index (Phi) is 3.81. The molecule has 2 bridgehead atoms. The summed E-state index contributed by atoms with van der Waals surface area (Å²) in [6.45, 7) is 1.88. The smallest absolute Gasteiger partial charge is 0.347 e. The van der Waals surface area contributed by atoms with Gasteiger partial charge in [0.1, 0.15) is 9.88 Å². The van der Waals surface area contributed by atoms with Gasteiger partial charge in [-0.2, -0.15) is 0 Å². The molecule has 3 heterocycles. The van der Waals surface area contributed by atoms with Crippen molar-refractivity contribution in [2.75, 3.05) is 0 Å². The minimum absolute atomic E-state index is 0.0800. The van der Waals surface area contributed by atoms with Gasteiger partial charge in [-0.3, -0.25) is 0 Å². The zero-order chi connectivity index (χ0) is 15.0. The highest BCUT2D eigenvalue weighted by atomic mass is 32.1. The number of urea groups is 1. The third-order valence-electron chi connectivity index (χ3n) is 3.86. The van der Waals surface area contributed by atoms with Gasteiger partial charge in [-0.15, -0.1) is 11.3 Å². The van der Waals surface area contributed by atoms with E-state index in [1.54, 1.807) is 6.92 Å². The Morgan fingerprint density at radius 1 is 1.48 bits per heavy atom. The maximum Gasteiger partial charge on any atom is 0.347 e. The number of thiazole rings is 1. The average molecular weight is 311 g/mol. The van der Waals surface area contributed by atoms with Crippen LogP contribution in [0.2, 0.25) is 0 Å². The molecule has 2 fully saturated rings. The number of ether oxygens (including phenoxy) is 1. The largest absolute Gasteiger partial charge is 0.477 e. The van der Waals surface area contributed by atoms with E-state index in [0.717, 1.165) is 30.6 Å². The molecule has 0 aliphatic carbocycles. The van der Waals surface area contributed by atoms with E-state index in [9.17, 15) is 9.59 Å². The van der Waals surface area contributed by atoms with Crippen LogP contribution in [0.4, 0.5) is 4.79 Å². The van der Waals surface area contributed by atoms with Crippen LogP contribution in [-0.2, 0) is 11.3 Å². The van der Waals surface area contributed by atoms with Crippen molar-refractivity contribution in [2.24, 2.45) is 0 Å². The van der Waals surface area contributed by atoms with Crippen molar-refractivity contribution in [3.8, 4) is 0 Å². The van der Waals surface area contributed by atoms with Gasteiger partial charge in [0.25, 0.3) is 0 Å². The predicted octanol–water partition coefficient (Wildman–Crippen LogP) is 1.27. The van der Waals surface area contributed by atoms with Crippen LogP contribution in [0.25, 0.3) is 0 Å². The molecular formula is C13H17N3O4S. The van der Waals surface area contributed by atoms with Gasteiger partial charge >= 0.3 is 12.0 Å².